The lowest BCUT2D eigenvalue weighted by molar-refractivity contribution is -0.270. The Balaban J connectivity index is 2.94. The van der Waals surface area contributed by atoms with Gasteiger partial charge in [0.05, 0.1) is 0 Å². The first kappa shape index (κ1) is 25.4. The fourth-order valence-corrected chi connectivity index (χ4v) is 3.60. The first-order valence-electron chi connectivity index (χ1n) is 8.64. The number of aliphatic carboxylic acids is 1. The van der Waals surface area contributed by atoms with Gasteiger partial charge in [0.15, 0.2) is 5.82 Å². The molecule has 1 aromatic heterocycles. The van der Waals surface area contributed by atoms with Crippen molar-refractivity contribution in [3.8, 4) is 0 Å². The van der Waals surface area contributed by atoms with Gasteiger partial charge >= 0.3 is 12.1 Å². The summed E-state index contributed by atoms with van der Waals surface area (Å²) < 4.78 is 40.7. The van der Waals surface area contributed by atoms with Crippen LogP contribution in [0.15, 0.2) is 29.6 Å². The van der Waals surface area contributed by atoms with Crippen LogP contribution in [0.4, 0.5) is 13.2 Å². The molecule has 0 aliphatic rings. The van der Waals surface area contributed by atoms with Crippen molar-refractivity contribution in [2.24, 2.45) is 5.73 Å². The maximum absolute atomic E-state index is 13.6. The Morgan fingerprint density at radius 1 is 1.28 bits per heavy atom. The van der Waals surface area contributed by atoms with Gasteiger partial charge in [0.25, 0.3) is 0 Å². The summed E-state index contributed by atoms with van der Waals surface area (Å²) in [6.45, 7) is 3.43. The molecule has 1 heterocycles. The quantitative estimate of drug-likeness (QED) is 0.366. The number of thioether (sulfide) groups is 1. The zero-order chi connectivity index (χ0) is 22.2. The van der Waals surface area contributed by atoms with Gasteiger partial charge in [-0.2, -0.15) is 24.9 Å². The highest BCUT2D eigenvalue weighted by Gasteiger charge is 2.56. The number of hydrogen-bond donors (Lipinski definition) is 3. The molecule has 0 aliphatic heterocycles. The summed E-state index contributed by atoms with van der Waals surface area (Å²) in [5.74, 6) is -1.78. The van der Waals surface area contributed by atoms with Crippen molar-refractivity contribution in [1.82, 2.24) is 9.97 Å². The predicted molar refractivity (Wildman–Crippen MR) is 107 cm³/mol. The van der Waals surface area contributed by atoms with Crippen molar-refractivity contribution in [2.75, 3.05) is 11.5 Å². The molecular weight excluding hydrogens is 431 g/mol. The third-order valence-corrected chi connectivity index (χ3v) is 5.54. The first-order valence-corrected chi connectivity index (χ1v) is 10.2. The maximum Gasteiger partial charge on any atom is 0.424 e. The van der Waals surface area contributed by atoms with Crippen LogP contribution in [-0.4, -0.2) is 49.9 Å². The van der Waals surface area contributed by atoms with E-state index in [1.807, 2.05) is 0 Å². The van der Waals surface area contributed by atoms with Crippen molar-refractivity contribution in [1.29, 1.82) is 0 Å². The largest absolute Gasteiger partial charge is 0.480 e. The molecule has 1 rings (SSSR count). The van der Waals surface area contributed by atoms with Gasteiger partial charge in [0.2, 0.25) is 5.60 Å². The standard InChI is InChI=1S/C18H23ClF3N3O3S/c1-3-12(13(19)4-2)11-9-24-16(25-10-11)17(28,18(20,21)22)6-8-29-7-5-14(23)15(26)27/h3-4,9-10,14,28H,5-8,23H2,1-2H3,(H,26,27)/b12-3-,13-4+. The summed E-state index contributed by atoms with van der Waals surface area (Å²) in [5.41, 5.74) is 3.09. The lowest BCUT2D eigenvalue weighted by atomic mass is 9.98. The normalized spacial score (nSPS) is 16.4. The van der Waals surface area contributed by atoms with E-state index in [0.717, 1.165) is 11.8 Å². The van der Waals surface area contributed by atoms with Gasteiger partial charge in [-0.25, -0.2) is 9.97 Å². The number of hydrogen-bond acceptors (Lipinski definition) is 6. The fraction of sp³-hybridized carbons (Fsp3) is 0.500. The molecule has 0 aliphatic carbocycles. The van der Waals surface area contributed by atoms with Gasteiger partial charge in [0, 0.05) is 29.4 Å². The molecular formula is C18H23ClF3N3O3S. The smallest absolute Gasteiger partial charge is 0.424 e. The minimum Gasteiger partial charge on any atom is -0.480 e. The zero-order valence-corrected chi connectivity index (χ0v) is 17.5. The summed E-state index contributed by atoms with van der Waals surface area (Å²) in [6.07, 6.45) is 0.0946. The average molecular weight is 454 g/mol. The lowest BCUT2D eigenvalue weighted by Crippen LogP contribution is -2.44. The van der Waals surface area contributed by atoms with Gasteiger partial charge in [-0.05, 0) is 37.3 Å². The van der Waals surface area contributed by atoms with Crippen molar-refractivity contribution in [2.45, 2.75) is 44.5 Å². The first-order chi connectivity index (χ1) is 13.5. The molecule has 0 saturated carbocycles. The SMILES string of the molecule is C/C=C(\C(Cl)=C/C)c1cnc(C(O)(CCSCCC(N)C(=O)O)C(F)(F)F)nc1. The van der Waals surface area contributed by atoms with Crippen molar-refractivity contribution < 1.29 is 28.2 Å². The van der Waals surface area contributed by atoms with Crippen LogP contribution in [0.3, 0.4) is 0 Å². The number of rotatable bonds is 10. The Morgan fingerprint density at radius 3 is 2.31 bits per heavy atom. The number of carbonyl (C=O) groups is 1. The van der Waals surface area contributed by atoms with Gasteiger partial charge in [-0.15, -0.1) is 0 Å². The number of aliphatic hydroxyl groups is 1. The highest BCUT2D eigenvalue weighted by molar-refractivity contribution is 7.99. The minimum atomic E-state index is -4.99. The van der Waals surface area contributed by atoms with Crippen LogP contribution in [0.2, 0.25) is 0 Å². The summed E-state index contributed by atoms with van der Waals surface area (Å²) in [7, 11) is 0. The molecule has 0 spiro atoms. The predicted octanol–water partition coefficient (Wildman–Crippen LogP) is 3.70. The maximum atomic E-state index is 13.6. The average Bonchev–Trinajstić information content (AvgIpc) is 2.67. The van der Waals surface area contributed by atoms with E-state index in [0.29, 0.717) is 16.2 Å². The Labute approximate surface area is 176 Å². The second-order valence-corrected chi connectivity index (χ2v) is 7.72. The van der Waals surface area contributed by atoms with Gasteiger partial charge in [0.1, 0.15) is 6.04 Å². The van der Waals surface area contributed by atoms with Crippen molar-refractivity contribution >= 4 is 34.9 Å². The summed E-state index contributed by atoms with van der Waals surface area (Å²) >= 11 is 7.13. The van der Waals surface area contributed by atoms with Crippen LogP contribution in [0.1, 0.15) is 38.1 Å². The number of nitrogens with zero attached hydrogens (tertiary/aromatic N) is 2. The second kappa shape index (κ2) is 11.0. The molecule has 2 unspecified atom stereocenters. The van der Waals surface area contributed by atoms with E-state index >= 15 is 0 Å². The third-order valence-electron chi connectivity index (χ3n) is 4.10. The molecule has 0 amide bonds. The molecule has 29 heavy (non-hydrogen) atoms. The summed E-state index contributed by atoms with van der Waals surface area (Å²) in [4.78, 5) is 18.1. The molecule has 0 fully saturated rings. The van der Waals surface area contributed by atoms with E-state index in [-0.39, 0.29) is 17.9 Å². The van der Waals surface area contributed by atoms with Crippen LogP contribution >= 0.6 is 23.4 Å². The van der Waals surface area contributed by atoms with E-state index < -0.39 is 36.0 Å². The van der Waals surface area contributed by atoms with Crippen LogP contribution in [-0.2, 0) is 10.4 Å². The Morgan fingerprint density at radius 2 is 1.86 bits per heavy atom. The third kappa shape index (κ3) is 6.70. The van der Waals surface area contributed by atoms with Crippen LogP contribution in [0, 0.1) is 0 Å². The second-order valence-electron chi connectivity index (χ2n) is 6.09. The number of alkyl halides is 3. The molecule has 0 radical (unpaired) electrons. The fourth-order valence-electron chi connectivity index (χ4n) is 2.31. The van der Waals surface area contributed by atoms with E-state index in [4.69, 9.17) is 22.4 Å². The van der Waals surface area contributed by atoms with Crippen LogP contribution in [0.5, 0.6) is 0 Å². The summed E-state index contributed by atoms with van der Waals surface area (Å²) in [5, 5.41) is 19.4. The number of allylic oxidation sites excluding steroid dienone is 4. The number of halogens is 4. The lowest BCUT2D eigenvalue weighted by Gasteiger charge is -2.29. The molecule has 0 aromatic carbocycles. The van der Waals surface area contributed by atoms with Gasteiger partial charge in [-0.1, -0.05) is 23.8 Å². The topological polar surface area (TPSA) is 109 Å². The molecule has 11 heteroatoms. The number of carboxylic acid groups (broad SMARTS) is 1. The number of nitrogens with two attached hydrogens (primary N) is 1. The number of aromatic nitrogens is 2. The van der Waals surface area contributed by atoms with Gasteiger partial charge in [-0.3, -0.25) is 4.79 Å². The van der Waals surface area contributed by atoms with Crippen molar-refractivity contribution in [3.63, 3.8) is 0 Å². The van der Waals surface area contributed by atoms with Crippen molar-refractivity contribution in [3.05, 3.63) is 41.0 Å². The molecule has 2 atom stereocenters. The minimum absolute atomic E-state index is 0.0853. The van der Waals surface area contributed by atoms with E-state index in [1.54, 1.807) is 26.0 Å². The van der Waals surface area contributed by atoms with E-state index in [1.165, 1.54) is 12.4 Å². The summed E-state index contributed by atoms with van der Waals surface area (Å²) in [6, 6.07) is -1.08. The molecule has 6 nitrogen and oxygen atoms in total. The number of carboxylic acids is 1. The molecule has 0 saturated heterocycles. The molecule has 4 N–H and O–H groups in total. The Bertz CT molecular complexity index is 757. The monoisotopic (exact) mass is 453 g/mol. The highest BCUT2D eigenvalue weighted by Crippen LogP contribution is 2.41. The van der Waals surface area contributed by atoms with E-state index in [2.05, 4.69) is 9.97 Å². The Kier molecular flexibility index (Phi) is 9.60. The van der Waals surface area contributed by atoms with Gasteiger partial charge < -0.3 is 15.9 Å². The van der Waals surface area contributed by atoms with Crippen LogP contribution in [0.25, 0.3) is 5.57 Å². The molecule has 1 aromatic rings. The molecule has 0 bridgehead atoms. The highest BCUT2D eigenvalue weighted by atomic mass is 35.5. The van der Waals surface area contributed by atoms with Crippen LogP contribution < -0.4 is 5.73 Å². The molecule has 162 valence electrons. The van der Waals surface area contributed by atoms with E-state index in [9.17, 15) is 23.1 Å². The Hall–Kier alpha value is -1.62. The zero-order valence-electron chi connectivity index (χ0n) is 15.9.